The Balaban J connectivity index is 1.86. The lowest BCUT2D eigenvalue weighted by molar-refractivity contribution is -0.142. The molecular formula is C25H20Cl2F3NO5S. The number of aliphatic carboxylic acids is 1. The molecule has 0 bridgehead atoms. The molecule has 1 aliphatic heterocycles. The van der Waals surface area contributed by atoms with Crippen LogP contribution in [0.1, 0.15) is 18.9 Å². The Morgan fingerprint density at radius 1 is 1.14 bits per heavy atom. The maximum Gasteiger partial charge on any atom is 0.416 e. The Hall–Kier alpha value is -2.95. The fourth-order valence-corrected chi connectivity index (χ4v) is 6.01. The number of alkyl halides is 3. The van der Waals surface area contributed by atoms with Crippen molar-refractivity contribution < 1.29 is 36.2 Å². The third-order valence-electron chi connectivity index (χ3n) is 5.90. The van der Waals surface area contributed by atoms with Gasteiger partial charge in [-0.05, 0) is 48.4 Å². The topological polar surface area (TPSA) is 83.9 Å². The predicted octanol–water partition coefficient (Wildman–Crippen LogP) is 6.75. The molecule has 0 aliphatic carbocycles. The summed E-state index contributed by atoms with van der Waals surface area (Å²) in [6.07, 6.45) is -5.69. The summed E-state index contributed by atoms with van der Waals surface area (Å²) in [5.41, 5.74) is -0.0590. The Morgan fingerprint density at radius 2 is 1.84 bits per heavy atom. The molecule has 0 amide bonds. The van der Waals surface area contributed by atoms with Gasteiger partial charge in [0.2, 0.25) is 0 Å². The van der Waals surface area contributed by atoms with Gasteiger partial charge in [-0.3, -0.25) is 9.10 Å². The first-order valence-corrected chi connectivity index (χ1v) is 13.2. The molecule has 1 aliphatic rings. The molecule has 0 aromatic heterocycles. The molecule has 2 atom stereocenters. The molecule has 1 heterocycles. The van der Waals surface area contributed by atoms with Crippen molar-refractivity contribution >= 4 is 44.9 Å². The highest BCUT2D eigenvalue weighted by atomic mass is 35.5. The van der Waals surface area contributed by atoms with Gasteiger partial charge in [-0.2, -0.15) is 13.2 Å². The van der Waals surface area contributed by atoms with Gasteiger partial charge < -0.3 is 9.84 Å². The van der Waals surface area contributed by atoms with Gasteiger partial charge in [0, 0.05) is 16.7 Å². The van der Waals surface area contributed by atoms with E-state index in [1.807, 2.05) is 0 Å². The minimum absolute atomic E-state index is 0.0446. The van der Waals surface area contributed by atoms with E-state index in [1.165, 1.54) is 19.1 Å². The van der Waals surface area contributed by atoms with Crippen LogP contribution in [0.4, 0.5) is 18.9 Å². The monoisotopic (exact) mass is 573 g/mol. The van der Waals surface area contributed by atoms with Crippen molar-refractivity contribution in [3.63, 3.8) is 0 Å². The number of carboxylic acids is 1. The number of nitrogens with zero attached hydrogens (tertiary/aromatic N) is 1. The predicted molar refractivity (Wildman–Crippen MR) is 134 cm³/mol. The van der Waals surface area contributed by atoms with Crippen LogP contribution in [0, 0.1) is 5.92 Å². The largest absolute Gasteiger partial charge is 0.486 e. The number of sulfonamides is 1. The van der Waals surface area contributed by atoms with Crippen LogP contribution in [-0.2, 0) is 21.0 Å². The van der Waals surface area contributed by atoms with E-state index >= 15 is 0 Å². The van der Waals surface area contributed by atoms with Crippen molar-refractivity contribution in [2.45, 2.75) is 30.5 Å². The molecule has 0 saturated heterocycles. The van der Waals surface area contributed by atoms with E-state index in [0.717, 1.165) is 22.5 Å². The van der Waals surface area contributed by atoms with Crippen LogP contribution in [-0.4, -0.2) is 32.1 Å². The van der Waals surface area contributed by atoms with Gasteiger partial charge in [0.1, 0.15) is 11.9 Å². The molecule has 3 aromatic carbocycles. The smallest absolute Gasteiger partial charge is 0.416 e. The molecule has 0 spiro atoms. The first-order chi connectivity index (χ1) is 17.3. The van der Waals surface area contributed by atoms with Crippen molar-refractivity contribution in [2.75, 3.05) is 10.8 Å². The number of anilines is 1. The van der Waals surface area contributed by atoms with Crippen molar-refractivity contribution in [1.29, 1.82) is 0 Å². The summed E-state index contributed by atoms with van der Waals surface area (Å²) in [5.74, 6) is -1.91. The zero-order chi connectivity index (χ0) is 27.1. The van der Waals surface area contributed by atoms with Gasteiger partial charge in [0.05, 0.1) is 33.6 Å². The van der Waals surface area contributed by atoms with Gasteiger partial charge in [-0.25, -0.2) is 8.42 Å². The number of hydrogen-bond donors (Lipinski definition) is 1. The van der Waals surface area contributed by atoms with Gasteiger partial charge in [0.15, 0.2) is 0 Å². The Kier molecular flexibility index (Phi) is 7.38. The molecule has 3 aromatic rings. The fraction of sp³-hybridized carbons (Fsp3) is 0.240. The Labute approximate surface area is 221 Å². The molecule has 12 heteroatoms. The van der Waals surface area contributed by atoms with Crippen LogP contribution in [0.25, 0.3) is 11.1 Å². The van der Waals surface area contributed by atoms with Crippen LogP contribution in [0.5, 0.6) is 5.75 Å². The van der Waals surface area contributed by atoms with Gasteiger partial charge >= 0.3 is 12.1 Å². The van der Waals surface area contributed by atoms with Crippen molar-refractivity contribution in [3.05, 3.63) is 76.3 Å². The summed E-state index contributed by atoms with van der Waals surface area (Å²) in [7, 11) is -4.53. The highest BCUT2D eigenvalue weighted by molar-refractivity contribution is 7.92. The highest BCUT2D eigenvalue weighted by Crippen LogP contribution is 2.44. The summed E-state index contributed by atoms with van der Waals surface area (Å²) in [6.45, 7) is 1.13. The molecule has 4 rings (SSSR count). The second kappa shape index (κ2) is 10.1. The quantitative estimate of drug-likeness (QED) is 0.352. The number of carboxylic acid groups (broad SMARTS) is 1. The average Bonchev–Trinajstić information content (AvgIpc) is 2.82. The number of ether oxygens (including phenoxy) is 1. The molecule has 196 valence electrons. The first-order valence-electron chi connectivity index (χ1n) is 11.0. The van der Waals surface area contributed by atoms with Gasteiger partial charge in [0.25, 0.3) is 10.0 Å². The molecular weight excluding hydrogens is 554 g/mol. The second-order valence-electron chi connectivity index (χ2n) is 8.59. The molecule has 0 radical (unpaired) electrons. The van der Waals surface area contributed by atoms with Crippen molar-refractivity contribution in [2.24, 2.45) is 5.92 Å². The van der Waals surface area contributed by atoms with E-state index in [0.29, 0.717) is 22.2 Å². The molecule has 37 heavy (non-hydrogen) atoms. The summed E-state index contributed by atoms with van der Waals surface area (Å²) >= 11 is 12.6. The van der Waals surface area contributed by atoms with Gasteiger partial charge in [-0.15, -0.1) is 0 Å². The van der Waals surface area contributed by atoms with Crippen LogP contribution in [0.3, 0.4) is 0 Å². The minimum atomic E-state index is -4.75. The van der Waals surface area contributed by atoms with Crippen LogP contribution in [0.15, 0.2) is 65.6 Å². The summed E-state index contributed by atoms with van der Waals surface area (Å²) in [6, 6.07) is 13.0. The zero-order valence-electron chi connectivity index (χ0n) is 19.2. The normalized spacial score (nSPS) is 16.6. The lowest BCUT2D eigenvalue weighted by atomic mass is 10.0. The molecule has 2 unspecified atom stereocenters. The Morgan fingerprint density at radius 3 is 2.49 bits per heavy atom. The van der Waals surface area contributed by atoms with Gasteiger partial charge in [-0.1, -0.05) is 48.3 Å². The highest BCUT2D eigenvalue weighted by Gasteiger charge is 2.38. The first kappa shape index (κ1) is 27.1. The number of rotatable bonds is 6. The van der Waals surface area contributed by atoms with Crippen molar-refractivity contribution in [3.8, 4) is 16.9 Å². The summed E-state index contributed by atoms with van der Waals surface area (Å²) in [4.78, 5) is 10.8. The van der Waals surface area contributed by atoms with E-state index < -0.39 is 44.6 Å². The van der Waals surface area contributed by atoms with Crippen molar-refractivity contribution in [1.82, 2.24) is 0 Å². The lowest BCUT2D eigenvalue weighted by Crippen LogP contribution is -2.44. The number of benzene rings is 3. The zero-order valence-corrected chi connectivity index (χ0v) is 21.5. The van der Waals surface area contributed by atoms with E-state index in [9.17, 15) is 31.5 Å². The maximum absolute atomic E-state index is 13.7. The lowest BCUT2D eigenvalue weighted by Gasteiger charge is -2.36. The third-order valence-corrected chi connectivity index (χ3v) is 8.23. The van der Waals surface area contributed by atoms with E-state index in [2.05, 4.69) is 0 Å². The van der Waals surface area contributed by atoms with Crippen LogP contribution in [0.2, 0.25) is 10.0 Å². The third kappa shape index (κ3) is 5.66. The molecule has 0 saturated carbocycles. The minimum Gasteiger partial charge on any atom is -0.486 e. The van der Waals surface area contributed by atoms with Crippen LogP contribution < -0.4 is 9.04 Å². The van der Waals surface area contributed by atoms with Crippen LogP contribution >= 0.6 is 23.2 Å². The maximum atomic E-state index is 13.7. The van der Waals surface area contributed by atoms with E-state index in [4.69, 9.17) is 27.9 Å². The van der Waals surface area contributed by atoms with E-state index in [1.54, 1.807) is 24.3 Å². The molecule has 6 nitrogen and oxygen atoms in total. The number of hydrogen-bond acceptors (Lipinski definition) is 4. The molecule has 1 N–H and O–H groups in total. The summed E-state index contributed by atoms with van der Waals surface area (Å²) in [5, 5.41) is 9.95. The number of carbonyl (C=O) groups is 1. The van der Waals surface area contributed by atoms with E-state index in [-0.39, 0.29) is 29.4 Å². The molecule has 0 fully saturated rings. The fourth-order valence-electron chi connectivity index (χ4n) is 4.02. The summed E-state index contributed by atoms with van der Waals surface area (Å²) < 4.78 is 74.3. The average molecular weight is 574 g/mol. The number of halogens is 5. The standard InChI is InChI=1S/C25H20Cl2F3NO5S/c1-14(24(32)33)8-18-13-31(37(34,35)19-7-3-5-16(10-19)25(28,29)30)22-11-20(21(27)12-23(22)36-18)15-4-2-6-17(26)9-15/h2-7,9-12,14,18H,8,13H2,1H3,(H,32,33). The SMILES string of the molecule is CC(CC1CN(S(=O)(=O)c2cccc(C(F)(F)F)c2)c2cc(-c3cccc(Cl)c3)c(Cl)cc2O1)C(=O)O. The second-order valence-corrected chi connectivity index (χ2v) is 11.3. The number of fused-ring (bicyclic) bond motifs is 1. The Bertz CT molecular complexity index is 1460.